The third kappa shape index (κ3) is 4.64. The lowest BCUT2D eigenvalue weighted by molar-refractivity contribution is -0.119. The van der Waals surface area contributed by atoms with Gasteiger partial charge in [-0.3, -0.25) is 9.59 Å². The highest BCUT2D eigenvalue weighted by Crippen LogP contribution is 2.30. The molecule has 0 aliphatic heterocycles. The van der Waals surface area contributed by atoms with Crippen molar-refractivity contribution in [3.05, 3.63) is 27.2 Å². The van der Waals surface area contributed by atoms with Gasteiger partial charge < -0.3 is 10.6 Å². The summed E-state index contributed by atoms with van der Waals surface area (Å²) < 4.78 is 1.01. The molecule has 0 aliphatic carbocycles. The molecule has 0 radical (unpaired) electrons. The summed E-state index contributed by atoms with van der Waals surface area (Å²) in [5.41, 5.74) is 4.06. The van der Waals surface area contributed by atoms with Crippen molar-refractivity contribution in [3.8, 4) is 0 Å². The lowest BCUT2D eigenvalue weighted by atomic mass is 10.0. The van der Waals surface area contributed by atoms with Crippen LogP contribution >= 0.6 is 15.9 Å². The van der Waals surface area contributed by atoms with Crippen LogP contribution in [0.1, 0.15) is 36.5 Å². The lowest BCUT2D eigenvalue weighted by Crippen LogP contribution is -2.33. The smallest absolute Gasteiger partial charge is 0.224 e. The van der Waals surface area contributed by atoms with Crippen molar-refractivity contribution < 1.29 is 9.59 Å². The molecule has 0 unspecified atom stereocenters. The number of nitrogens with one attached hydrogen (secondary N) is 2. The third-order valence-electron chi connectivity index (χ3n) is 3.64. The van der Waals surface area contributed by atoms with Crippen LogP contribution in [0.15, 0.2) is 10.5 Å². The minimum Gasteiger partial charge on any atom is -0.326 e. The van der Waals surface area contributed by atoms with Crippen LogP contribution in [0.2, 0.25) is 0 Å². The topological polar surface area (TPSA) is 58.2 Å². The summed E-state index contributed by atoms with van der Waals surface area (Å²) in [6.45, 7) is 7.52. The summed E-state index contributed by atoms with van der Waals surface area (Å²) >= 11 is 3.54. The molecule has 5 heteroatoms. The molecule has 0 aliphatic rings. The van der Waals surface area contributed by atoms with Crippen molar-refractivity contribution in [2.45, 2.75) is 46.6 Å². The van der Waals surface area contributed by atoms with Gasteiger partial charge in [0, 0.05) is 16.6 Å². The van der Waals surface area contributed by atoms with Gasteiger partial charge in [0.2, 0.25) is 5.91 Å². The van der Waals surface area contributed by atoms with Crippen molar-refractivity contribution in [2.75, 3.05) is 12.4 Å². The monoisotopic (exact) mass is 354 g/mol. The fourth-order valence-electron chi connectivity index (χ4n) is 2.38. The average molecular weight is 355 g/mol. The summed E-state index contributed by atoms with van der Waals surface area (Å²) in [6, 6.07) is 1.78. The van der Waals surface area contributed by atoms with E-state index in [2.05, 4.69) is 26.6 Å². The Morgan fingerprint density at radius 2 is 1.86 bits per heavy atom. The van der Waals surface area contributed by atoms with Crippen LogP contribution < -0.4 is 10.6 Å². The van der Waals surface area contributed by atoms with Crippen molar-refractivity contribution in [1.82, 2.24) is 5.32 Å². The van der Waals surface area contributed by atoms with Gasteiger partial charge in [0.15, 0.2) is 0 Å². The molecule has 0 spiro atoms. The number of benzene rings is 1. The SMILES string of the molecule is CN[C@H](CCC(=O)Nc1c(C)cc(C)c(Br)c1C)C(C)=O. The molecule has 116 valence electrons. The van der Waals surface area contributed by atoms with Gasteiger partial charge in [-0.25, -0.2) is 0 Å². The van der Waals surface area contributed by atoms with Crippen LogP contribution in [0.3, 0.4) is 0 Å². The van der Waals surface area contributed by atoms with Crippen LogP contribution in [0.4, 0.5) is 5.69 Å². The van der Waals surface area contributed by atoms with Gasteiger partial charge in [-0.05, 0) is 57.9 Å². The number of aryl methyl sites for hydroxylation is 2. The van der Waals surface area contributed by atoms with E-state index in [0.29, 0.717) is 12.8 Å². The first-order valence-electron chi connectivity index (χ1n) is 7.01. The average Bonchev–Trinajstić information content (AvgIpc) is 2.41. The van der Waals surface area contributed by atoms with Gasteiger partial charge in [-0.2, -0.15) is 0 Å². The van der Waals surface area contributed by atoms with Crippen LogP contribution in [-0.4, -0.2) is 24.8 Å². The van der Waals surface area contributed by atoms with Gasteiger partial charge in [0.25, 0.3) is 0 Å². The van der Waals surface area contributed by atoms with Gasteiger partial charge in [-0.1, -0.05) is 22.0 Å². The summed E-state index contributed by atoms with van der Waals surface area (Å²) in [7, 11) is 1.73. The molecule has 1 atom stereocenters. The van der Waals surface area contributed by atoms with E-state index >= 15 is 0 Å². The molecule has 1 aromatic rings. The fraction of sp³-hybridized carbons (Fsp3) is 0.500. The Hall–Kier alpha value is -1.20. The molecule has 21 heavy (non-hydrogen) atoms. The first-order chi connectivity index (χ1) is 9.77. The molecule has 0 saturated carbocycles. The summed E-state index contributed by atoms with van der Waals surface area (Å²) in [6.07, 6.45) is 0.818. The first kappa shape index (κ1) is 17.9. The number of carbonyl (C=O) groups is 2. The maximum atomic E-state index is 12.1. The normalized spacial score (nSPS) is 12.1. The number of likely N-dealkylation sites (N-methyl/N-ethyl adjacent to an activating group) is 1. The Morgan fingerprint density at radius 1 is 1.24 bits per heavy atom. The number of halogens is 1. The molecule has 0 fully saturated rings. The minimum atomic E-state index is -0.261. The number of hydrogen-bond acceptors (Lipinski definition) is 3. The highest BCUT2D eigenvalue weighted by Gasteiger charge is 2.15. The Morgan fingerprint density at radius 3 is 2.38 bits per heavy atom. The number of Topliss-reactive ketones (excluding diaryl/α,β-unsaturated/α-hetero) is 1. The summed E-state index contributed by atoms with van der Waals surface area (Å²) in [5, 5.41) is 5.88. The van der Waals surface area contributed by atoms with Crippen molar-refractivity contribution >= 4 is 33.3 Å². The molecular weight excluding hydrogens is 332 g/mol. The third-order valence-corrected chi connectivity index (χ3v) is 4.86. The summed E-state index contributed by atoms with van der Waals surface area (Å²) in [4.78, 5) is 23.4. The molecule has 0 heterocycles. The Labute approximate surface area is 134 Å². The van der Waals surface area contributed by atoms with E-state index in [9.17, 15) is 9.59 Å². The van der Waals surface area contributed by atoms with E-state index in [1.807, 2.05) is 26.8 Å². The predicted molar refractivity (Wildman–Crippen MR) is 89.7 cm³/mol. The fourth-order valence-corrected chi connectivity index (χ4v) is 2.69. The maximum absolute atomic E-state index is 12.1. The van der Waals surface area contributed by atoms with Gasteiger partial charge >= 0.3 is 0 Å². The number of anilines is 1. The van der Waals surface area contributed by atoms with E-state index < -0.39 is 0 Å². The zero-order chi connectivity index (χ0) is 16.2. The highest BCUT2D eigenvalue weighted by atomic mass is 79.9. The Balaban J connectivity index is 2.76. The van der Waals surface area contributed by atoms with Crippen LogP contribution in [0, 0.1) is 20.8 Å². The summed E-state index contributed by atoms with van der Waals surface area (Å²) in [5.74, 6) is -0.0193. The quantitative estimate of drug-likeness (QED) is 0.824. The van der Waals surface area contributed by atoms with Gasteiger partial charge in [0.1, 0.15) is 5.78 Å². The molecule has 0 bridgehead atoms. The van der Waals surface area contributed by atoms with E-state index in [1.54, 1.807) is 7.05 Å². The second kappa shape index (κ2) is 7.71. The van der Waals surface area contributed by atoms with Crippen LogP contribution in [-0.2, 0) is 9.59 Å². The molecular formula is C16H23BrN2O2. The molecule has 0 saturated heterocycles. The molecule has 1 amide bonds. The van der Waals surface area contributed by atoms with Crippen molar-refractivity contribution in [3.63, 3.8) is 0 Å². The van der Waals surface area contributed by atoms with Crippen molar-refractivity contribution in [2.24, 2.45) is 0 Å². The number of hydrogen-bond donors (Lipinski definition) is 2. The molecule has 1 aromatic carbocycles. The second-order valence-corrected chi connectivity index (χ2v) is 6.16. The molecule has 4 nitrogen and oxygen atoms in total. The van der Waals surface area contributed by atoms with Gasteiger partial charge in [0.05, 0.1) is 6.04 Å². The number of carbonyl (C=O) groups excluding carboxylic acids is 2. The van der Waals surface area contributed by atoms with E-state index in [4.69, 9.17) is 0 Å². The largest absolute Gasteiger partial charge is 0.326 e. The van der Waals surface area contributed by atoms with E-state index in [1.165, 1.54) is 6.92 Å². The second-order valence-electron chi connectivity index (χ2n) is 5.36. The minimum absolute atomic E-state index is 0.0516. The van der Waals surface area contributed by atoms with Gasteiger partial charge in [-0.15, -0.1) is 0 Å². The van der Waals surface area contributed by atoms with E-state index in [0.717, 1.165) is 26.9 Å². The lowest BCUT2D eigenvalue weighted by Gasteiger charge is -2.16. The number of rotatable bonds is 6. The Kier molecular flexibility index (Phi) is 6.55. The molecule has 0 aromatic heterocycles. The zero-order valence-electron chi connectivity index (χ0n) is 13.3. The number of ketones is 1. The molecule has 2 N–H and O–H groups in total. The maximum Gasteiger partial charge on any atom is 0.224 e. The molecule has 1 rings (SSSR count). The van der Waals surface area contributed by atoms with Crippen LogP contribution in [0.5, 0.6) is 0 Å². The zero-order valence-corrected chi connectivity index (χ0v) is 14.8. The highest BCUT2D eigenvalue weighted by molar-refractivity contribution is 9.10. The first-order valence-corrected chi connectivity index (χ1v) is 7.81. The van der Waals surface area contributed by atoms with Crippen molar-refractivity contribution in [1.29, 1.82) is 0 Å². The predicted octanol–water partition coefficient (Wildman–Crippen LogP) is 3.27. The van der Waals surface area contributed by atoms with E-state index in [-0.39, 0.29) is 17.7 Å². The number of amides is 1. The standard InChI is InChI=1S/C16H23BrN2O2/c1-9-8-10(2)16(11(3)15(9)17)19-14(21)7-6-13(18-5)12(4)20/h8,13,18H,6-7H2,1-5H3,(H,19,21)/t13-/m1/s1. The Bertz CT molecular complexity index is 556. The van der Waals surface area contributed by atoms with Crippen LogP contribution in [0.25, 0.3) is 0 Å².